The number of para-hydroxylation sites is 1. The average Bonchev–Trinajstić information content (AvgIpc) is 2.65. The minimum atomic E-state index is 0.509. The van der Waals surface area contributed by atoms with Crippen LogP contribution in [0.4, 0.5) is 5.69 Å². The van der Waals surface area contributed by atoms with Crippen molar-refractivity contribution in [3.8, 4) is 0 Å². The lowest BCUT2D eigenvalue weighted by Crippen LogP contribution is -2.12. The zero-order valence-corrected chi connectivity index (χ0v) is 8.79. The monoisotopic (exact) mass is 215 g/mol. The van der Waals surface area contributed by atoms with E-state index in [9.17, 15) is 0 Å². The maximum absolute atomic E-state index is 7.63. The van der Waals surface area contributed by atoms with Crippen LogP contribution in [-0.2, 0) is 6.54 Å². The predicted octanol–water partition coefficient (Wildman–Crippen LogP) is 2.63. The lowest BCUT2D eigenvalue weighted by molar-refractivity contribution is 0.762. The Morgan fingerprint density at radius 2 is 2.20 bits per heavy atom. The molecule has 0 aliphatic heterocycles. The van der Waals surface area contributed by atoms with Crippen LogP contribution in [0.25, 0.3) is 4.85 Å². The van der Waals surface area contributed by atoms with Crippen molar-refractivity contribution in [1.29, 1.82) is 5.41 Å². The molecule has 0 aliphatic rings. The molecule has 2 aromatic rings. The van der Waals surface area contributed by atoms with Gasteiger partial charge in [-0.3, -0.25) is 5.41 Å². The molecule has 0 bridgehead atoms. The molecule has 0 aliphatic carbocycles. The van der Waals surface area contributed by atoms with E-state index in [4.69, 9.17) is 12.0 Å². The Hall–Kier alpha value is -1.86. The van der Waals surface area contributed by atoms with Gasteiger partial charge in [0.25, 0.3) is 0 Å². The molecule has 0 atom stereocenters. The van der Waals surface area contributed by atoms with Gasteiger partial charge in [0.1, 0.15) is 0 Å². The number of nitrogens with zero attached hydrogens (tertiary/aromatic N) is 2. The highest BCUT2D eigenvalue weighted by Gasteiger charge is 2.02. The van der Waals surface area contributed by atoms with Crippen LogP contribution in [0, 0.1) is 12.0 Å². The molecule has 3 nitrogen and oxygen atoms in total. The summed E-state index contributed by atoms with van der Waals surface area (Å²) in [6, 6.07) is 7.51. The summed E-state index contributed by atoms with van der Waals surface area (Å²) in [5.41, 5.74) is 1.63. The topological polar surface area (TPSA) is 33.1 Å². The fourth-order valence-electron chi connectivity index (χ4n) is 1.37. The molecule has 0 spiro atoms. The largest absolute Gasteiger partial charge is 0.321 e. The normalized spacial score (nSPS) is 9.80. The molecule has 0 saturated heterocycles. The van der Waals surface area contributed by atoms with Crippen LogP contribution in [0.1, 0.15) is 5.56 Å². The standard InChI is InChI=1S/C11H9N3S/c1-13-10-5-3-2-4-9(10)8-14-6-7-15-11(14)12/h2-7,12H,8H2. The number of benzene rings is 1. The first-order valence-electron chi connectivity index (χ1n) is 4.45. The van der Waals surface area contributed by atoms with Crippen LogP contribution in [0.5, 0.6) is 0 Å². The SMILES string of the molecule is [C-]#[N+]c1ccccc1Cn1ccsc1=N. The van der Waals surface area contributed by atoms with Crippen molar-refractivity contribution < 1.29 is 0 Å². The third-order valence-corrected chi connectivity index (χ3v) is 2.85. The summed E-state index contributed by atoms with van der Waals surface area (Å²) < 4.78 is 1.83. The Kier molecular flexibility index (Phi) is 2.66. The van der Waals surface area contributed by atoms with Gasteiger partial charge in [-0.2, -0.15) is 0 Å². The van der Waals surface area contributed by atoms with Gasteiger partial charge >= 0.3 is 0 Å². The lowest BCUT2D eigenvalue weighted by Gasteiger charge is -2.04. The van der Waals surface area contributed by atoms with E-state index in [-0.39, 0.29) is 0 Å². The fourth-order valence-corrected chi connectivity index (χ4v) is 1.96. The molecule has 0 amide bonds. The Labute approximate surface area is 91.6 Å². The summed E-state index contributed by atoms with van der Waals surface area (Å²) >= 11 is 1.39. The highest BCUT2D eigenvalue weighted by atomic mass is 32.1. The van der Waals surface area contributed by atoms with E-state index in [1.54, 1.807) is 6.07 Å². The quantitative estimate of drug-likeness (QED) is 0.747. The van der Waals surface area contributed by atoms with E-state index in [2.05, 4.69) is 4.85 Å². The second kappa shape index (κ2) is 4.11. The van der Waals surface area contributed by atoms with Crippen LogP contribution >= 0.6 is 11.3 Å². The van der Waals surface area contributed by atoms with Crippen molar-refractivity contribution in [1.82, 2.24) is 4.57 Å². The van der Waals surface area contributed by atoms with Crippen molar-refractivity contribution in [3.63, 3.8) is 0 Å². The molecule has 0 saturated carbocycles. The summed E-state index contributed by atoms with van der Waals surface area (Å²) in [7, 11) is 0. The number of thiazole rings is 1. The Balaban J connectivity index is 2.37. The molecule has 1 aromatic heterocycles. The van der Waals surface area contributed by atoms with E-state index in [0.717, 1.165) is 5.56 Å². The van der Waals surface area contributed by atoms with Crippen LogP contribution in [0.3, 0.4) is 0 Å². The van der Waals surface area contributed by atoms with Gasteiger partial charge in [0, 0.05) is 18.1 Å². The minimum Gasteiger partial charge on any atom is -0.321 e. The average molecular weight is 215 g/mol. The third-order valence-electron chi connectivity index (χ3n) is 2.13. The van der Waals surface area contributed by atoms with Crippen LogP contribution in [-0.4, -0.2) is 4.57 Å². The summed E-state index contributed by atoms with van der Waals surface area (Å²) in [5.74, 6) is 0. The minimum absolute atomic E-state index is 0.509. The summed E-state index contributed by atoms with van der Waals surface area (Å²) in [6.07, 6.45) is 1.87. The van der Waals surface area contributed by atoms with Crippen molar-refractivity contribution in [2.45, 2.75) is 6.54 Å². The van der Waals surface area contributed by atoms with Crippen molar-refractivity contribution in [2.75, 3.05) is 0 Å². The second-order valence-electron chi connectivity index (χ2n) is 3.08. The Morgan fingerprint density at radius 1 is 1.40 bits per heavy atom. The van der Waals surface area contributed by atoms with Gasteiger partial charge in [0.05, 0.1) is 6.57 Å². The van der Waals surface area contributed by atoms with Gasteiger partial charge in [0.15, 0.2) is 10.5 Å². The molecule has 74 valence electrons. The molecule has 15 heavy (non-hydrogen) atoms. The second-order valence-corrected chi connectivity index (χ2v) is 3.97. The molecule has 0 fully saturated rings. The van der Waals surface area contributed by atoms with Crippen molar-refractivity contribution in [3.05, 3.63) is 57.6 Å². The van der Waals surface area contributed by atoms with Gasteiger partial charge in [-0.1, -0.05) is 24.3 Å². The van der Waals surface area contributed by atoms with E-state index in [1.807, 2.05) is 34.3 Å². The highest BCUT2D eigenvalue weighted by Crippen LogP contribution is 2.18. The van der Waals surface area contributed by atoms with Gasteiger partial charge in [-0.15, -0.1) is 11.3 Å². The van der Waals surface area contributed by atoms with Gasteiger partial charge in [-0.25, -0.2) is 4.85 Å². The number of hydrogen-bond acceptors (Lipinski definition) is 2. The van der Waals surface area contributed by atoms with E-state index in [1.165, 1.54) is 11.3 Å². The van der Waals surface area contributed by atoms with E-state index in [0.29, 0.717) is 17.0 Å². The summed E-state index contributed by atoms with van der Waals surface area (Å²) in [5, 5.41) is 9.51. The predicted molar refractivity (Wildman–Crippen MR) is 60.0 cm³/mol. The molecule has 1 aromatic carbocycles. The van der Waals surface area contributed by atoms with Gasteiger partial charge < -0.3 is 4.57 Å². The molecule has 0 unspecified atom stereocenters. The summed E-state index contributed by atoms with van der Waals surface area (Å²) in [4.78, 5) is 3.97. The number of aromatic nitrogens is 1. The molecule has 2 rings (SSSR count). The molecule has 4 heteroatoms. The fraction of sp³-hybridized carbons (Fsp3) is 0.0909. The Bertz CT molecular complexity index is 559. The number of rotatable bonds is 2. The molecular formula is C11H9N3S. The summed E-state index contributed by atoms with van der Waals surface area (Å²) in [6.45, 7) is 7.64. The zero-order valence-electron chi connectivity index (χ0n) is 7.97. The molecule has 0 radical (unpaired) electrons. The van der Waals surface area contributed by atoms with Crippen LogP contribution in [0.2, 0.25) is 0 Å². The number of nitrogens with one attached hydrogen (secondary N) is 1. The highest BCUT2D eigenvalue weighted by molar-refractivity contribution is 7.06. The maximum Gasteiger partial charge on any atom is 0.192 e. The van der Waals surface area contributed by atoms with E-state index < -0.39 is 0 Å². The maximum atomic E-state index is 7.63. The molecule has 1 heterocycles. The van der Waals surface area contributed by atoms with E-state index >= 15 is 0 Å². The van der Waals surface area contributed by atoms with Crippen LogP contribution < -0.4 is 4.80 Å². The van der Waals surface area contributed by atoms with Crippen LogP contribution in [0.15, 0.2) is 35.8 Å². The first-order chi connectivity index (χ1) is 7.31. The smallest absolute Gasteiger partial charge is 0.192 e. The van der Waals surface area contributed by atoms with Crippen molar-refractivity contribution >= 4 is 17.0 Å². The number of hydrogen-bond donors (Lipinski definition) is 1. The molecular weight excluding hydrogens is 206 g/mol. The lowest BCUT2D eigenvalue weighted by atomic mass is 10.2. The Morgan fingerprint density at radius 3 is 2.87 bits per heavy atom. The first kappa shape index (κ1) is 9.69. The van der Waals surface area contributed by atoms with Gasteiger partial charge in [-0.05, 0) is 5.56 Å². The zero-order chi connectivity index (χ0) is 10.7. The third kappa shape index (κ3) is 1.97. The van der Waals surface area contributed by atoms with Crippen molar-refractivity contribution in [2.24, 2.45) is 0 Å². The first-order valence-corrected chi connectivity index (χ1v) is 5.33. The van der Waals surface area contributed by atoms with Gasteiger partial charge in [0.2, 0.25) is 0 Å². The molecule has 1 N–H and O–H groups in total.